The standard InChI is InChI=1S/C12H8Cl2O/c13-6-2-1-3-11-8-9-7-10(14)4-5-12(9)15-11/h4-5,7-8H,2,6H2. The van der Waals surface area contributed by atoms with Crippen LogP contribution in [0.25, 0.3) is 11.0 Å². The molecule has 1 aromatic carbocycles. The van der Waals surface area contributed by atoms with E-state index < -0.39 is 0 Å². The first-order valence-electron chi connectivity index (χ1n) is 4.53. The largest absolute Gasteiger partial charge is 0.448 e. The van der Waals surface area contributed by atoms with Gasteiger partial charge in [-0.3, -0.25) is 0 Å². The molecule has 0 saturated carbocycles. The lowest BCUT2D eigenvalue weighted by Gasteiger charge is -1.87. The highest BCUT2D eigenvalue weighted by molar-refractivity contribution is 6.31. The number of halogens is 2. The van der Waals surface area contributed by atoms with Crippen molar-refractivity contribution in [2.75, 3.05) is 5.88 Å². The zero-order chi connectivity index (χ0) is 10.7. The fourth-order valence-electron chi connectivity index (χ4n) is 1.27. The fourth-order valence-corrected chi connectivity index (χ4v) is 1.55. The molecule has 3 heteroatoms. The molecular formula is C12H8Cl2O. The number of hydrogen-bond acceptors (Lipinski definition) is 1. The lowest BCUT2D eigenvalue weighted by Crippen LogP contribution is -1.68. The Morgan fingerprint density at radius 3 is 2.93 bits per heavy atom. The van der Waals surface area contributed by atoms with Crippen molar-refractivity contribution in [3.05, 3.63) is 35.0 Å². The number of rotatable bonds is 1. The molecule has 76 valence electrons. The Morgan fingerprint density at radius 2 is 2.13 bits per heavy atom. The van der Waals surface area contributed by atoms with E-state index in [-0.39, 0.29) is 0 Å². The summed E-state index contributed by atoms with van der Waals surface area (Å²) in [5.74, 6) is 7.02. The van der Waals surface area contributed by atoms with Gasteiger partial charge in [0.15, 0.2) is 5.76 Å². The molecule has 0 amide bonds. The summed E-state index contributed by atoms with van der Waals surface area (Å²) < 4.78 is 5.49. The van der Waals surface area contributed by atoms with Crippen molar-refractivity contribution >= 4 is 34.2 Å². The van der Waals surface area contributed by atoms with Gasteiger partial charge in [-0.25, -0.2) is 0 Å². The lowest BCUT2D eigenvalue weighted by molar-refractivity contribution is 0.601. The third-order valence-corrected chi connectivity index (χ3v) is 2.33. The van der Waals surface area contributed by atoms with Gasteiger partial charge in [-0.1, -0.05) is 17.5 Å². The minimum atomic E-state index is 0.541. The van der Waals surface area contributed by atoms with Crippen molar-refractivity contribution in [3.8, 4) is 11.8 Å². The SMILES string of the molecule is ClCCC#Cc1cc2cc(Cl)ccc2o1. The molecule has 0 bridgehead atoms. The summed E-state index contributed by atoms with van der Waals surface area (Å²) in [5.41, 5.74) is 0.801. The molecule has 0 aliphatic heterocycles. The maximum atomic E-state index is 5.86. The van der Waals surface area contributed by atoms with E-state index in [1.807, 2.05) is 18.2 Å². The van der Waals surface area contributed by atoms with E-state index in [0.717, 1.165) is 11.0 Å². The van der Waals surface area contributed by atoms with Crippen LogP contribution >= 0.6 is 23.2 Å². The van der Waals surface area contributed by atoms with Crippen LogP contribution < -0.4 is 0 Å². The molecule has 0 unspecified atom stereocenters. The van der Waals surface area contributed by atoms with Crippen molar-refractivity contribution in [3.63, 3.8) is 0 Å². The van der Waals surface area contributed by atoms with Gasteiger partial charge in [0.1, 0.15) is 5.58 Å². The van der Waals surface area contributed by atoms with E-state index in [1.54, 1.807) is 6.07 Å². The average Bonchev–Trinajstić information content (AvgIpc) is 2.60. The fraction of sp³-hybridized carbons (Fsp3) is 0.167. The Bertz CT molecular complexity index is 531. The molecule has 0 atom stereocenters. The highest BCUT2D eigenvalue weighted by atomic mass is 35.5. The van der Waals surface area contributed by atoms with Crippen LogP contribution in [0, 0.1) is 11.8 Å². The molecule has 0 spiro atoms. The van der Waals surface area contributed by atoms with Gasteiger partial charge in [0.2, 0.25) is 0 Å². The lowest BCUT2D eigenvalue weighted by atomic mass is 10.2. The summed E-state index contributed by atoms with van der Waals surface area (Å²) >= 11 is 11.4. The Kier molecular flexibility index (Phi) is 3.20. The van der Waals surface area contributed by atoms with Crippen molar-refractivity contribution in [2.24, 2.45) is 0 Å². The summed E-state index contributed by atoms with van der Waals surface area (Å²) in [5, 5.41) is 1.67. The quantitative estimate of drug-likeness (QED) is 0.540. The first kappa shape index (κ1) is 10.4. The van der Waals surface area contributed by atoms with E-state index in [4.69, 9.17) is 27.6 Å². The Labute approximate surface area is 98.0 Å². The predicted octanol–water partition coefficient (Wildman–Crippen LogP) is 4.07. The number of furan rings is 1. The highest BCUT2D eigenvalue weighted by Crippen LogP contribution is 2.22. The second-order valence-electron chi connectivity index (χ2n) is 3.03. The minimum Gasteiger partial charge on any atom is -0.448 e. The molecule has 15 heavy (non-hydrogen) atoms. The molecule has 2 aromatic rings. The van der Waals surface area contributed by atoms with Crippen LogP contribution in [0.5, 0.6) is 0 Å². The summed E-state index contributed by atoms with van der Waals surface area (Å²) in [6.07, 6.45) is 0.666. The molecule has 0 N–H and O–H groups in total. The zero-order valence-corrected chi connectivity index (χ0v) is 9.40. The predicted molar refractivity (Wildman–Crippen MR) is 63.4 cm³/mol. The van der Waals surface area contributed by atoms with Gasteiger partial charge >= 0.3 is 0 Å². The Balaban J connectivity index is 2.36. The topological polar surface area (TPSA) is 13.1 Å². The molecular weight excluding hydrogens is 231 g/mol. The van der Waals surface area contributed by atoms with Crippen LogP contribution in [0.4, 0.5) is 0 Å². The molecule has 1 nitrogen and oxygen atoms in total. The number of hydrogen-bond donors (Lipinski definition) is 0. The molecule has 0 radical (unpaired) electrons. The van der Waals surface area contributed by atoms with Gasteiger partial charge in [0, 0.05) is 28.8 Å². The molecule has 2 rings (SSSR count). The first-order chi connectivity index (χ1) is 7.29. The van der Waals surface area contributed by atoms with Crippen LogP contribution in [-0.2, 0) is 0 Å². The molecule has 0 aliphatic rings. The van der Waals surface area contributed by atoms with Gasteiger partial charge in [-0.05, 0) is 24.1 Å². The molecule has 0 saturated heterocycles. The molecule has 1 heterocycles. The third kappa shape index (κ3) is 2.47. The highest BCUT2D eigenvalue weighted by Gasteiger charge is 2.01. The minimum absolute atomic E-state index is 0.541. The Hall–Kier alpha value is -1.10. The van der Waals surface area contributed by atoms with E-state index in [0.29, 0.717) is 23.1 Å². The van der Waals surface area contributed by atoms with Crippen LogP contribution in [0.1, 0.15) is 12.2 Å². The maximum Gasteiger partial charge on any atom is 0.178 e. The molecule has 0 fully saturated rings. The number of benzene rings is 1. The van der Waals surface area contributed by atoms with E-state index in [9.17, 15) is 0 Å². The zero-order valence-electron chi connectivity index (χ0n) is 7.89. The van der Waals surface area contributed by atoms with Crippen molar-refractivity contribution in [1.82, 2.24) is 0 Å². The third-order valence-electron chi connectivity index (χ3n) is 1.91. The van der Waals surface area contributed by atoms with Gasteiger partial charge in [0.25, 0.3) is 0 Å². The van der Waals surface area contributed by atoms with Crippen LogP contribution in [0.2, 0.25) is 5.02 Å². The van der Waals surface area contributed by atoms with Crippen molar-refractivity contribution < 1.29 is 4.42 Å². The second kappa shape index (κ2) is 4.61. The normalized spacial score (nSPS) is 10.0. The van der Waals surface area contributed by atoms with E-state index in [1.165, 1.54) is 0 Å². The Morgan fingerprint density at radius 1 is 1.27 bits per heavy atom. The maximum absolute atomic E-state index is 5.86. The second-order valence-corrected chi connectivity index (χ2v) is 3.85. The summed E-state index contributed by atoms with van der Waals surface area (Å²) in [4.78, 5) is 0. The van der Waals surface area contributed by atoms with Gasteiger partial charge < -0.3 is 4.42 Å². The van der Waals surface area contributed by atoms with E-state index >= 15 is 0 Å². The smallest absolute Gasteiger partial charge is 0.178 e. The molecule has 1 aromatic heterocycles. The van der Waals surface area contributed by atoms with Gasteiger partial charge in [-0.2, -0.15) is 0 Å². The van der Waals surface area contributed by atoms with Gasteiger partial charge in [-0.15, -0.1) is 11.6 Å². The summed E-state index contributed by atoms with van der Waals surface area (Å²) in [6, 6.07) is 7.36. The summed E-state index contributed by atoms with van der Waals surface area (Å²) in [6.45, 7) is 0. The number of alkyl halides is 1. The average molecular weight is 239 g/mol. The number of fused-ring (bicyclic) bond motifs is 1. The van der Waals surface area contributed by atoms with Crippen molar-refractivity contribution in [1.29, 1.82) is 0 Å². The first-order valence-corrected chi connectivity index (χ1v) is 5.45. The molecule has 0 aliphatic carbocycles. The van der Waals surface area contributed by atoms with Crippen LogP contribution in [-0.4, -0.2) is 5.88 Å². The van der Waals surface area contributed by atoms with Gasteiger partial charge in [0.05, 0.1) is 0 Å². The van der Waals surface area contributed by atoms with E-state index in [2.05, 4.69) is 11.8 Å². The monoisotopic (exact) mass is 238 g/mol. The summed E-state index contributed by atoms with van der Waals surface area (Å²) in [7, 11) is 0. The van der Waals surface area contributed by atoms with Crippen LogP contribution in [0.15, 0.2) is 28.7 Å². The van der Waals surface area contributed by atoms with Crippen molar-refractivity contribution in [2.45, 2.75) is 6.42 Å². The van der Waals surface area contributed by atoms with Crippen LogP contribution in [0.3, 0.4) is 0 Å².